The molecule has 0 unspecified atom stereocenters. The summed E-state index contributed by atoms with van der Waals surface area (Å²) >= 11 is 0. The van der Waals surface area contributed by atoms with Crippen LogP contribution in [0.3, 0.4) is 0 Å². The van der Waals surface area contributed by atoms with Crippen molar-refractivity contribution >= 4 is 16.2 Å². The lowest BCUT2D eigenvalue weighted by Gasteiger charge is -2.18. The van der Waals surface area contributed by atoms with E-state index in [1.807, 2.05) is 30.3 Å². The molecule has 0 saturated heterocycles. The first-order chi connectivity index (χ1) is 13.9. The molecule has 29 heavy (non-hydrogen) atoms. The van der Waals surface area contributed by atoms with Gasteiger partial charge in [0.15, 0.2) is 11.5 Å². The third-order valence-electron chi connectivity index (χ3n) is 4.07. The third-order valence-corrected chi connectivity index (χ3v) is 5.18. The van der Waals surface area contributed by atoms with E-state index in [2.05, 4.69) is 9.44 Å². The average Bonchev–Trinajstić information content (AvgIpc) is 2.72. The highest BCUT2D eigenvalue weighted by atomic mass is 32.2. The summed E-state index contributed by atoms with van der Waals surface area (Å²) in [6, 6.07) is 13.2. The standard InChI is InChI=1S/C20H26N2O6S/c1-4-28-20(23)17(12-15-8-6-5-7-9-15)22-29(24,25)21-14-16-10-11-18(26-2)19(13-16)27-3/h5-11,13,17,21-22H,4,12,14H2,1-3H3/t17-/m0/s1. The van der Waals surface area contributed by atoms with Crippen LogP contribution in [0.15, 0.2) is 48.5 Å². The van der Waals surface area contributed by atoms with E-state index >= 15 is 0 Å². The third kappa shape index (κ3) is 7.04. The Kier molecular flexibility index (Phi) is 8.44. The largest absolute Gasteiger partial charge is 0.493 e. The van der Waals surface area contributed by atoms with Crippen LogP contribution in [0, 0.1) is 0 Å². The number of methoxy groups -OCH3 is 2. The van der Waals surface area contributed by atoms with Gasteiger partial charge >= 0.3 is 5.97 Å². The fourth-order valence-corrected chi connectivity index (χ4v) is 3.66. The van der Waals surface area contributed by atoms with Crippen molar-refractivity contribution in [2.45, 2.75) is 25.9 Å². The number of rotatable bonds is 11. The lowest BCUT2D eigenvalue weighted by Crippen LogP contribution is -2.48. The molecule has 0 aromatic heterocycles. The summed E-state index contributed by atoms with van der Waals surface area (Å²) in [6.07, 6.45) is 0.178. The van der Waals surface area contributed by atoms with Crippen LogP contribution in [0.1, 0.15) is 18.1 Å². The number of benzene rings is 2. The second-order valence-electron chi connectivity index (χ2n) is 6.13. The lowest BCUT2D eigenvalue weighted by atomic mass is 10.1. The monoisotopic (exact) mass is 422 g/mol. The number of hydrogen-bond donors (Lipinski definition) is 2. The number of hydrogen-bond acceptors (Lipinski definition) is 6. The van der Waals surface area contributed by atoms with Gasteiger partial charge in [0, 0.05) is 6.54 Å². The summed E-state index contributed by atoms with van der Waals surface area (Å²) in [5.74, 6) is 0.404. The van der Waals surface area contributed by atoms with Crippen LogP contribution in [0.4, 0.5) is 0 Å². The van der Waals surface area contributed by atoms with Gasteiger partial charge in [-0.05, 0) is 36.6 Å². The molecule has 9 heteroatoms. The molecule has 2 rings (SSSR count). The van der Waals surface area contributed by atoms with E-state index in [1.54, 1.807) is 25.1 Å². The SMILES string of the molecule is CCOC(=O)[C@H](Cc1ccccc1)NS(=O)(=O)NCc1ccc(OC)c(OC)c1. The van der Waals surface area contributed by atoms with E-state index in [0.29, 0.717) is 17.1 Å². The Bertz CT molecular complexity index is 902. The molecule has 2 aromatic carbocycles. The van der Waals surface area contributed by atoms with Crippen molar-refractivity contribution in [2.24, 2.45) is 0 Å². The minimum atomic E-state index is -3.97. The van der Waals surface area contributed by atoms with Gasteiger partial charge < -0.3 is 14.2 Å². The van der Waals surface area contributed by atoms with Crippen molar-refractivity contribution in [3.8, 4) is 11.5 Å². The molecular formula is C20H26N2O6S. The highest BCUT2D eigenvalue weighted by Crippen LogP contribution is 2.27. The Hall–Kier alpha value is -2.62. The van der Waals surface area contributed by atoms with Gasteiger partial charge in [-0.3, -0.25) is 4.79 Å². The lowest BCUT2D eigenvalue weighted by molar-refractivity contribution is -0.145. The van der Waals surface area contributed by atoms with Crippen LogP contribution < -0.4 is 18.9 Å². The summed E-state index contributed by atoms with van der Waals surface area (Å²) < 4.78 is 45.2. The van der Waals surface area contributed by atoms with Crippen molar-refractivity contribution in [1.82, 2.24) is 9.44 Å². The second kappa shape index (κ2) is 10.8. The molecular weight excluding hydrogens is 396 g/mol. The molecule has 158 valence electrons. The maximum atomic E-state index is 12.5. The van der Waals surface area contributed by atoms with Crippen LogP contribution in [0.25, 0.3) is 0 Å². The maximum absolute atomic E-state index is 12.5. The number of carbonyl (C=O) groups is 1. The molecule has 0 saturated carbocycles. The number of esters is 1. The van der Waals surface area contributed by atoms with Gasteiger partial charge in [0.25, 0.3) is 10.2 Å². The topological polar surface area (TPSA) is 103 Å². The molecule has 8 nitrogen and oxygen atoms in total. The first-order valence-electron chi connectivity index (χ1n) is 9.07. The van der Waals surface area contributed by atoms with Gasteiger partial charge in [-0.15, -0.1) is 0 Å². The minimum Gasteiger partial charge on any atom is -0.493 e. The Labute approximate surface area is 171 Å². The Morgan fingerprint density at radius 1 is 1.00 bits per heavy atom. The number of nitrogens with one attached hydrogen (secondary N) is 2. The first-order valence-corrected chi connectivity index (χ1v) is 10.5. The van der Waals surface area contributed by atoms with Crippen molar-refractivity contribution in [3.63, 3.8) is 0 Å². The Morgan fingerprint density at radius 2 is 1.69 bits per heavy atom. The fraction of sp³-hybridized carbons (Fsp3) is 0.350. The molecule has 0 bridgehead atoms. The Balaban J connectivity index is 2.08. The number of ether oxygens (including phenoxy) is 3. The van der Waals surface area contributed by atoms with Gasteiger partial charge in [-0.25, -0.2) is 0 Å². The zero-order chi connectivity index (χ0) is 21.3. The predicted octanol–water partition coefficient (Wildman–Crippen LogP) is 1.80. The molecule has 0 aliphatic carbocycles. The molecule has 0 amide bonds. The first kappa shape index (κ1) is 22.7. The molecule has 0 spiro atoms. The van der Waals surface area contributed by atoms with Gasteiger partial charge in [0.05, 0.1) is 20.8 Å². The highest BCUT2D eigenvalue weighted by molar-refractivity contribution is 7.87. The van der Waals surface area contributed by atoms with Crippen LogP contribution in [-0.2, 0) is 32.7 Å². The molecule has 2 aromatic rings. The van der Waals surface area contributed by atoms with Crippen LogP contribution in [0.5, 0.6) is 11.5 Å². The van der Waals surface area contributed by atoms with Crippen molar-refractivity contribution in [3.05, 3.63) is 59.7 Å². The van der Waals surface area contributed by atoms with E-state index in [-0.39, 0.29) is 19.6 Å². The van der Waals surface area contributed by atoms with E-state index in [9.17, 15) is 13.2 Å². The van der Waals surface area contributed by atoms with Crippen molar-refractivity contribution < 1.29 is 27.4 Å². The molecule has 0 radical (unpaired) electrons. The summed E-state index contributed by atoms with van der Waals surface area (Å²) in [6.45, 7) is 1.84. The molecule has 1 atom stereocenters. The highest BCUT2D eigenvalue weighted by Gasteiger charge is 2.26. The molecule has 0 fully saturated rings. The summed E-state index contributed by atoms with van der Waals surface area (Å²) in [5, 5.41) is 0. The second-order valence-corrected chi connectivity index (χ2v) is 7.66. The Morgan fingerprint density at radius 3 is 2.31 bits per heavy atom. The van der Waals surface area contributed by atoms with Gasteiger partial charge in [-0.2, -0.15) is 17.9 Å². The van der Waals surface area contributed by atoms with Crippen LogP contribution in [-0.4, -0.2) is 41.3 Å². The summed E-state index contributed by atoms with van der Waals surface area (Å²) in [4.78, 5) is 12.2. The quantitative estimate of drug-likeness (QED) is 0.536. The molecule has 0 aliphatic heterocycles. The molecule has 0 aliphatic rings. The van der Waals surface area contributed by atoms with E-state index in [4.69, 9.17) is 14.2 Å². The normalized spacial score (nSPS) is 12.2. The zero-order valence-electron chi connectivity index (χ0n) is 16.7. The van der Waals surface area contributed by atoms with Gasteiger partial charge in [0.1, 0.15) is 6.04 Å². The van der Waals surface area contributed by atoms with Crippen molar-refractivity contribution in [1.29, 1.82) is 0 Å². The van der Waals surface area contributed by atoms with E-state index < -0.39 is 22.2 Å². The van der Waals surface area contributed by atoms with Gasteiger partial charge in [0.2, 0.25) is 0 Å². The van der Waals surface area contributed by atoms with E-state index in [0.717, 1.165) is 5.56 Å². The average molecular weight is 423 g/mol. The maximum Gasteiger partial charge on any atom is 0.324 e. The van der Waals surface area contributed by atoms with Crippen LogP contribution in [0.2, 0.25) is 0 Å². The smallest absolute Gasteiger partial charge is 0.324 e. The summed E-state index contributed by atoms with van der Waals surface area (Å²) in [7, 11) is -0.949. The minimum absolute atomic E-state index is 0.0105. The number of carbonyl (C=O) groups excluding carboxylic acids is 1. The summed E-state index contributed by atoms with van der Waals surface area (Å²) in [5.41, 5.74) is 1.48. The zero-order valence-corrected chi connectivity index (χ0v) is 17.5. The van der Waals surface area contributed by atoms with Gasteiger partial charge in [-0.1, -0.05) is 36.4 Å². The molecule has 2 N–H and O–H groups in total. The van der Waals surface area contributed by atoms with Crippen molar-refractivity contribution in [2.75, 3.05) is 20.8 Å². The fourth-order valence-electron chi connectivity index (χ4n) is 2.66. The predicted molar refractivity (Wildman–Crippen MR) is 109 cm³/mol. The molecule has 0 heterocycles. The van der Waals surface area contributed by atoms with E-state index in [1.165, 1.54) is 14.2 Å². The van der Waals surface area contributed by atoms with Crippen LogP contribution >= 0.6 is 0 Å².